The number of aromatic nitrogens is 3. The maximum absolute atomic E-state index is 12.7. The van der Waals surface area contributed by atoms with Gasteiger partial charge in [-0.25, -0.2) is 19.7 Å². The van der Waals surface area contributed by atoms with Crippen LogP contribution in [0.2, 0.25) is 0 Å². The topological polar surface area (TPSA) is 85.3 Å². The van der Waals surface area contributed by atoms with Gasteiger partial charge in [-0.1, -0.05) is 0 Å². The van der Waals surface area contributed by atoms with Gasteiger partial charge in [0.1, 0.15) is 11.5 Å². The minimum Gasteiger partial charge on any atom is -0.464 e. The van der Waals surface area contributed by atoms with Crippen molar-refractivity contribution in [2.75, 3.05) is 20.2 Å². The number of hydrogen-bond donors (Lipinski definition) is 0. The summed E-state index contributed by atoms with van der Waals surface area (Å²) in [5.41, 5.74) is 2.52. The summed E-state index contributed by atoms with van der Waals surface area (Å²) in [5.74, 6) is 0.481. The molecule has 1 amide bonds. The van der Waals surface area contributed by atoms with Crippen molar-refractivity contribution in [1.82, 2.24) is 19.9 Å². The Bertz CT molecular complexity index is 809. The van der Waals surface area contributed by atoms with Gasteiger partial charge >= 0.3 is 5.97 Å². The van der Waals surface area contributed by atoms with Gasteiger partial charge in [-0.15, -0.1) is 0 Å². The molecule has 2 aromatic heterocycles. The van der Waals surface area contributed by atoms with Crippen molar-refractivity contribution < 1.29 is 14.3 Å². The van der Waals surface area contributed by atoms with Crippen LogP contribution in [-0.4, -0.2) is 51.9 Å². The Hall–Kier alpha value is -2.83. The van der Waals surface area contributed by atoms with E-state index in [4.69, 9.17) is 0 Å². The molecule has 0 bridgehead atoms. The number of aryl methyl sites for hydroxylation is 2. The quantitative estimate of drug-likeness (QED) is 0.786. The highest BCUT2D eigenvalue weighted by Crippen LogP contribution is 2.26. The average Bonchev–Trinajstić information content (AvgIpc) is 2.66. The summed E-state index contributed by atoms with van der Waals surface area (Å²) in [6, 6.07) is 5.06. The number of esters is 1. The van der Waals surface area contributed by atoms with E-state index in [1.807, 2.05) is 19.9 Å². The highest BCUT2D eigenvalue weighted by Gasteiger charge is 2.26. The molecule has 0 N–H and O–H groups in total. The maximum atomic E-state index is 12.7. The lowest BCUT2D eigenvalue weighted by atomic mass is 9.95. The van der Waals surface area contributed by atoms with Crippen LogP contribution in [0, 0.1) is 13.8 Å². The standard InChI is InChI=1S/C19H22N4O3/c1-12-10-13(2)22-17(21-12)14-5-8-23(9-6-14)18(24)15-4-7-20-16(11-15)19(25)26-3/h4,7,10-11,14H,5-6,8-9H2,1-3H3. The maximum Gasteiger partial charge on any atom is 0.356 e. The Labute approximate surface area is 152 Å². The molecule has 1 fully saturated rings. The molecule has 26 heavy (non-hydrogen) atoms. The number of rotatable bonds is 3. The minimum atomic E-state index is -0.551. The average molecular weight is 354 g/mol. The van der Waals surface area contributed by atoms with Gasteiger partial charge in [0.2, 0.25) is 0 Å². The third kappa shape index (κ3) is 3.87. The summed E-state index contributed by atoms with van der Waals surface area (Å²) >= 11 is 0. The number of carbonyl (C=O) groups excluding carboxylic acids is 2. The lowest BCUT2D eigenvalue weighted by Gasteiger charge is -2.31. The summed E-state index contributed by atoms with van der Waals surface area (Å²) in [4.78, 5) is 39.2. The van der Waals surface area contributed by atoms with Crippen molar-refractivity contribution in [3.05, 3.63) is 52.9 Å². The van der Waals surface area contributed by atoms with Gasteiger partial charge in [0.05, 0.1) is 7.11 Å². The van der Waals surface area contributed by atoms with Crippen molar-refractivity contribution >= 4 is 11.9 Å². The number of nitrogens with zero attached hydrogens (tertiary/aromatic N) is 4. The molecule has 3 heterocycles. The van der Waals surface area contributed by atoms with Crippen molar-refractivity contribution in [3.63, 3.8) is 0 Å². The number of methoxy groups -OCH3 is 1. The van der Waals surface area contributed by atoms with E-state index in [1.165, 1.54) is 19.4 Å². The zero-order valence-corrected chi connectivity index (χ0v) is 15.2. The molecule has 1 aliphatic rings. The Balaban J connectivity index is 1.68. The first kappa shape index (κ1) is 18.0. The lowest BCUT2D eigenvalue weighted by Crippen LogP contribution is -2.38. The Morgan fingerprint density at radius 1 is 1.12 bits per heavy atom. The second-order valence-electron chi connectivity index (χ2n) is 6.50. The number of carbonyl (C=O) groups is 2. The fourth-order valence-corrected chi connectivity index (χ4v) is 3.24. The normalized spacial score (nSPS) is 15.0. The molecule has 7 nitrogen and oxygen atoms in total. The predicted molar refractivity (Wildman–Crippen MR) is 95.0 cm³/mol. The second kappa shape index (κ2) is 7.59. The Kier molecular flexibility index (Phi) is 5.25. The Morgan fingerprint density at radius 3 is 2.38 bits per heavy atom. The smallest absolute Gasteiger partial charge is 0.356 e. The molecule has 0 aromatic carbocycles. The van der Waals surface area contributed by atoms with E-state index in [2.05, 4.69) is 19.7 Å². The van der Waals surface area contributed by atoms with Gasteiger partial charge in [-0.3, -0.25) is 4.79 Å². The van der Waals surface area contributed by atoms with Gasteiger partial charge in [0, 0.05) is 42.2 Å². The third-order valence-electron chi connectivity index (χ3n) is 4.55. The van der Waals surface area contributed by atoms with Gasteiger partial charge in [-0.2, -0.15) is 0 Å². The van der Waals surface area contributed by atoms with Crippen LogP contribution < -0.4 is 0 Å². The number of piperidine rings is 1. The molecule has 0 radical (unpaired) electrons. The number of ether oxygens (including phenoxy) is 1. The number of hydrogen-bond acceptors (Lipinski definition) is 6. The van der Waals surface area contributed by atoms with Crippen molar-refractivity contribution in [2.45, 2.75) is 32.6 Å². The largest absolute Gasteiger partial charge is 0.464 e. The van der Waals surface area contributed by atoms with E-state index in [-0.39, 0.29) is 17.5 Å². The van der Waals surface area contributed by atoms with E-state index in [0.717, 1.165) is 30.1 Å². The molecule has 0 spiro atoms. The molecule has 1 saturated heterocycles. The number of likely N-dealkylation sites (tertiary alicyclic amines) is 1. The molecular weight excluding hydrogens is 332 g/mol. The summed E-state index contributed by atoms with van der Waals surface area (Å²) in [7, 11) is 1.29. The van der Waals surface area contributed by atoms with Crippen LogP contribution in [0.15, 0.2) is 24.4 Å². The first-order valence-electron chi connectivity index (χ1n) is 8.63. The van der Waals surface area contributed by atoms with Gasteiger partial charge in [-0.05, 0) is 44.9 Å². The molecule has 3 rings (SSSR count). The predicted octanol–water partition coefficient (Wildman–Crippen LogP) is 2.29. The minimum absolute atomic E-state index is 0.0997. The van der Waals surface area contributed by atoms with Crippen LogP contribution in [0.3, 0.4) is 0 Å². The monoisotopic (exact) mass is 354 g/mol. The summed E-state index contributed by atoms with van der Waals surface area (Å²) in [6.07, 6.45) is 3.10. The van der Waals surface area contributed by atoms with Gasteiger partial charge in [0.25, 0.3) is 5.91 Å². The zero-order chi connectivity index (χ0) is 18.7. The third-order valence-corrected chi connectivity index (χ3v) is 4.55. The fraction of sp³-hybridized carbons (Fsp3) is 0.421. The fourth-order valence-electron chi connectivity index (χ4n) is 3.24. The van der Waals surface area contributed by atoms with Crippen LogP contribution in [0.1, 0.15) is 56.8 Å². The van der Waals surface area contributed by atoms with Crippen LogP contribution in [0.4, 0.5) is 0 Å². The highest BCUT2D eigenvalue weighted by molar-refractivity contribution is 5.97. The number of pyridine rings is 1. The molecule has 7 heteroatoms. The van der Waals surface area contributed by atoms with E-state index >= 15 is 0 Å². The van der Waals surface area contributed by atoms with Crippen LogP contribution >= 0.6 is 0 Å². The number of amides is 1. The second-order valence-corrected chi connectivity index (χ2v) is 6.50. The van der Waals surface area contributed by atoms with Crippen LogP contribution in [0.5, 0.6) is 0 Å². The summed E-state index contributed by atoms with van der Waals surface area (Å²) in [6.45, 7) is 5.21. The lowest BCUT2D eigenvalue weighted by molar-refractivity contribution is 0.0594. The van der Waals surface area contributed by atoms with E-state index in [1.54, 1.807) is 11.0 Å². The molecule has 136 valence electrons. The van der Waals surface area contributed by atoms with Gasteiger partial charge < -0.3 is 9.64 Å². The van der Waals surface area contributed by atoms with Crippen LogP contribution in [-0.2, 0) is 4.74 Å². The van der Waals surface area contributed by atoms with Crippen molar-refractivity contribution in [3.8, 4) is 0 Å². The van der Waals surface area contributed by atoms with E-state index < -0.39 is 5.97 Å². The van der Waals surface area contributed by atoms with E-state index in [0.29, 0.717) is 18.7 Å². The summed E-state index contributed by atoms with van der Waals surface area (Å²) < 4.78 is 4.66. The molecule has 0 aliphatic carbocycles. The molecule has 0 saturated carbocycles. The van der Waals surface area contributed by atoms with Crippen molar-refractivity contribution in [1.29, 1.82) is 0 Å². The van der Waals surface area contributed by atoms with Gasteiger partial charge in [0.15, 0.2) is 0 Å². The molecule has 0 atom stereocenters. The van der Waals surface area contributed by atoms with Crippen molar-refractivity contribution in [2.24, 2.45) is 0 Å². The zero-order valence-electron chi connectivity index (χ0n) is 15.2. The first-order valence-corrected chi connectivity index (χ1v) is 8.63. The summed E-state index contributed by atoms with van der Waals surface area (Å²) in [5, 5.41) is 0. The van der Waals surface area contributed by atoms with Crippen LogP contribution in [0.25, 0.3) is 0 Å². The highest BCUT2D eigenvalue weighted by atomic mass is 16.5. The van der Waals surface area contributed by atoms with E-state index in [9.17, 15) is 9.59 Å². The Morgan fingerprint density at radius 2 is 1.77 bits per heavy atom. The SMILES string of the molecule is COC(=O)c1cc(C(=O)N2CCC(c3nc(C)cc(C)n3)CC2)ccn1. The molecule has 1 aliphatic heterocycles. The molecular formula is C19H22N4O3. The molecule has 0 unspecified atom stereocenters. The first-order chi connectivity index (χ1) is 12.5. The molecule has 2 aromatic rings.